The number of hydrogen-bond donors (Lipinski definition) is 1. The molecule has 1 saturated heterocycles. The standard InChI is InChI=1S/C16H22N4O/c1-19-7-5-12(6-8-19)10-20(2)16(21)13-3-4-14-15(9-13)18-11-17-14/h3-4,9,11-12H,5-8,10H2,1-2H3,(H,17,18). The molecule has 1 N–H and O–H groups in total. The van der Waals surface area contributed by atoms with E-state index in [1.807, 2.05) is 30.1 Å². The van der Waals surface area contributed by atoms with E-state index in [2.05, 4.69) is 21.9 Å². The fraction of sp³-hybridized carbons (Fsp3) is 0.500. The van der Waals surface area contributed by atoms with Gasteiger partial charge in [-0.15, -0.1) is 0 Å². The molecule has 1 aliphatic rings. The van der Waals surface area contributed by atoms with Crippen LogP contribution in [0.1, 0.15) is 23.2 Å². The van der Waals surface area contributed by atoms with Crippen LogP contribution in [0.15, 0.2) is 24.5 Å². The van der Waals surface area contributed by atoms with Crippen molar-refractivity contribution in [2.45, 2.75) is 12.8 Å². The highest BCUT2D eigenvalue weighted by atomic mass is 16.2. The average molecular weight is 286 g/mol. The van der Waals surface area contributed by atoms with E-state index < -0.39 is 0 Å². The van der Waals surface area contributed by atoms with E-state index in [1.54, 1.807) is 6.33 Å². The highest BCUT2D eigenvalue weighted by Gasteiger charge is 2.21. The molecule has 5 heteroatoms. The zero-order valence-corrected chi connectivity index (χ0v) is 12.7. The van der Waals surface area contributed by atoms with E-state index in [4.69, 9.17) is 0 Å². The molecule has 0 atom stereocenters. The lowest BCUT2D eigenvalue weighted by atomic mass is 9.96. The zero-order valence-electron chi connectivity index (χ0n) is 12.7. The summed E-state index contributed by atoms with van der Waals surface area (Å²) < 4.78 is 0. The molecule has 0 radical (unpaired) electrons. The number of carbonyl (C=O) groups excluding carboxylic acids is 1. The Morgan fingerprint density at radius 1 is 1.43 bits per heavy atom. The third kappa shape index (κ3) is 3.08. The second kappa shape index (κ2) is 5.85. The highest BCUT2D eigenvalue weighted by Crippen LogP contribution is 2.18. The van der Waals surface area contributed by atoms with Crippen molar-refractivity contribution < 1.29 is 4.79 Å². The number of aromatic amines is 1. The first-order valence-electron chi connectivity index (χ1n) is 7.50. The molecule has 1 aromatic heterocycles. The molecule has 0 saturated carbocycles. The number of imidazole rings is 1. The summed E-state index contributed by atoms with van der Waals surface area (Å²) in [6.45, 7) is 3.10. The van der Waals surface area contributed by atoms with Crippen molar-refractivity contribution in [2.24, 2.45) is 5.92 Å². The predicted octanol–water partition coefficient (Wildman–Crippen LogP) is 1.98. The number of nitrogens with zero attached hydrogens (tertiary/aromatic N) is 3. The highest BCUT2D eigenvalue weighted by molar-refractivity contribution is 5.97. The van der Waals surface area contributed by atoms with E-state index in [9.17, 15) is 4.79 Å². The molecule has 2 aromatic rings. The normalized spacial score (nSPS) is 17.2. The van der Waals surface area contributed by atoms with Crippen LogP contribution in [0.3, 0.4) is 0 Å². The van der Waals surface area contributed by atoms with Gasteiger partial charge in [-0.3, -0.25) is 4.79 Å². The number of rotatable bonds is 3. The largest absolute Gasteiger partial charge is 0.345 e. The minimum atomic E-state index is 0.0884. The minimum absolute atomic E-state index is 0.0884. The number of aromatic nitrogens is 2. The molecular weight excluding hydrogens is 264 g/mol. The zero-order chi connectivity index (χ0) is 14.8. The van der Waals surface area contributed by atoms with Gasteiger partial charge in [0, 0.05) is 19.2 Å². The van der Waals surface area contributed by atoms with Crippen molar-refractivity contribution in [1.82, 2.24) is 19.8 Å². The van der Waals surface area contributed by atoms with E-state index in [1.165, 1.54) is 12.8 Å². The van der Waals surface area contributed by atoms with Crippen LogP contribution < -0.4 is 0 Å². The van der Waals surface area contributed by atoms with Gasteiger partial charge in [0.1, 0.15) is 0 Å². The van der Waals surface area contributed by atoms with Crippen molar-refractivity contribution >= 4 is 16.9 Å². The third-order valence-electron chi connectivity index (χ3n) is 4.38. The fourth-order valence-electron chi connectivity index (χ4n) is 3.00. The molecule has 1 fully saturated rings. The second-order valence-electron chi connectivity index (χ2n) is 6.07. The lowest BCUT2D eigenvalue weighted by molar-refractivity contribution is 0.0747. The van der Waals surface area contributed by atoms with Crippen molar-refractivity contribution in [1.29, 1.82) is 0 Å². The molecule has 1 aromatic carbocycles. The molecule has 112 valence electrons. The molecule has 21 heavy (non-hydrogen) atoms. The maximum Gasteiger partial charge on any atom is 0.253 e. The van der Waals surface area contributed by atoms with Gasteiger partial charge >= 0.3 is 0 Å². The number of likely N-dealkylation sites (tertiary alicyclic amines) is 1. The second-order valence-corrected chi connectivity index (χ2v) is 6.07. The Labute approximate surface area is 125 Å². The van der Waals surface area contributed by atoms with Crippen LogP contribution in [-0.4, -0.2) is 59.4 Å². The first-order valence-corrected chi connectivity index (χ1v) is 7.50. The van der Waals surface area contributed by atoms with E-state index in [0.717, 1.165) is 36.2 Å². The quantitative estimate of drug-likeness (QED) is 0.938. The first kappa shape index (κ1) is 14.1. The molecule has 5 nitrogen and oxygen atoms in total. The van der Waals surface area contributed by atoms with Crippen LogP contribution >= 0.6 is 0 Å². The summed E-state index contributed by atoms with van der Waals surface area (Å²) in [6, 6.07) is 5.63. The number of amides is 1. The number of nitrogens with one attached hydrogen (secondary N) is 1. The van der Waals surface area contributed by atoms with Crippen LogP contribution in [0.4, 0.5) is 0 Å². The Morgan fingerprint density at radius 3 is 2.95 bits per heavy atom. The maximum absolute atomic E-state index is 12.5. The molecule has 2 heterocycles. The van der Waals surface area contributed by atoms with Crippen molar-refractivity contribution in [3.05, 3.63) is 30.1 Å². The number of hydrogen-bond acceptors (Lipinski definition) is 3. The molecule has 0 spiro atoms. The van der Waals surface area contributed by atoms with E-state index in [-0.39, 0.29) is 5.91 Å². The van der Waals surface area contributed by atoms with Crippen LogP contribution in [0.2, 0.25) is 0 Å². The summed E-state index contributed by atoms with van der Waals surface area (Å²) in [7, 11) is 4.06. The predicted molar refractivity (Wildman–Crippen MR) is 83.3 cm³/mol. The molecule has 3 rings (SSSR count). The van der Waals surface area contributed by atoms with Crippen LogP contribution in [0, 0.1) is 5.92 Å². The number of H-pyrrole nitrogens is 1. The molecule has 1 amide bonds. The van der Waals surface area contributed by atoms with Gasteiger partial charge in [-0.25, -0.2) is 4.98 Å². The summed E-state index contributed by atoms with van der Waals surface area (Å²) in [5.41, 5.74) is 2.53. The first-order chi connectivity index (χ1) is 10.1. The van der Waals surface area contributed by atoms with Gasteiger partial charge in [0.2, 0.25) is 0 Å². The SMILES string of the molecule is CN1CCC(CN(C)C(=O)c2ccc3nc[nH]c3c2)CC1. The minimum Gasteiger partial charge on any atom is -0.345 e. The van der Waals surface area contributed by atoms with Crippen LogP contribution in [0.5, 0.6) is 0 Å². The number of benzene rings is 1. The molecule has 0 unspecified atom stereocenters. The molecular formula is C16H22N4O. The summed E-state index contributed by atoms with van der Waals surface area (Å²) in [4.78, 5) is 24.0. The van der Waals surface area contributed by atoms with Gasteiger partial charge < -0.3 is 14.8 Å². The van der Waals surface area contributed by atoms with E-state index in [0.29, 0.717) is 5.92 Å². The van der Waals surface area contributed by atoms with Crippen molar-refractivity contribution in [3.8, 4) is 0 Å². The summed E-state index contributed by atoms with van der Waals surface area (Å²) in [5.74, 6) is 0.705. The fourth-order valence-corrected chi connectivity index (χ4v) is 3.00. The Balaban J connectivity index is 1.66. The Bertz CT molecular complexity index is 628. The van der Waals surface area contributed by atoms with Gasteiger partial charge in [0.05, 0.1) is 17.4 Å². The van der Waals surface area contributed by atoms with Gasteiger partial charge in [0.25, 0.3) is 5.91 Å². The third-order valence-corrected chi connectivity index (χ3v) is 4.38. The topological polar surface area (TPSA) is 52.2 Å². The van der Waals surface area contributed by atoms with Gasteiger partial charge in [-0.05, 0) is 57.1 Å². The molecule has 0 aliphatic carbocycles. The van der Waals surface area contributed by atoms with Gasteiger partial charge in [0.15, 0.2) is 0 Å². The Hall–Kier alpha value is -1.88. The van der Waals surface area contributed by atoms with Crippen LogP contribution in [0.25, 0.3) is 11.0 Å². The van der Waals surface area contributed by atoms with Crippen LogP contribution in [-0.2, 0) is 0 Å². The van der Waals surface area contributed by atoms with Crippen molar-refractivity contribution in [3.63, 3.8) is 0 Å². The average Bonchev–Trinajstić information content (AvgIpc) is 2.96. The maximum atomic E-state index is 12.5. The number of carbonyl (C=O) groups is 1. The summed E-state index contributed by atoms with van der Waals surface area (Å²) in [5, 5.41) is 0. The van der Waals surface area contributed by atoms with Gasteiger partial charge in [-0.1, -0.05) is 0 Å². The molecule has 1 aliphatic heterocycles. The van der Waals surface area contributed by atoms with Crippen molar-refractivity contribution in [2.75, 3.05) is 33.7 Å². The smallest absolute Gasteiger partial charge is 0.253 e. The molecule has 0 bridgehead atoms. The number of fused-ring (bicyclic) bond motifs is 1. The van der Waals surface area contributed by atoms with E-state index >= 15 is 0 Å². The Morgan fingerprint density at radius 2 is 2.19 bits per heavy atom. The monoisotopic (exact) mass is 286 g/mol. The Kier molecular flexibility index (Phi) is 3.92. The summed E-state index contributed by atoms with van der Waals surface area (Å²) >= 11 is 0. The van der Waals surface area contributed by atoms with Gasteiger partial charge in [-0.2, -0.15) is 0 Å². The summed E-state index contributed by atoms with van der Waals surface area (Å²) in [6.07, 6.45) is 4.00. The lowest BCUT2D eigenvalue weighted by Crippen LogP contribution is -2.37. The lowest BCUT2D eigenvalue weighted by Gasteiger charge is -2.31. The number of piperidine rings is 1.